The molecule has 1 aliphatic rings. The average molecular weight is 241 g/mol. The Morgan fingerprint density at radius 3 is 2.88 bits per heavy atom. The van der Waals surface area contributed by atoms with Crippen LogP contribution < -0.4 is 0 Å². The summed E-state index contributed by atoms with van der Waals surface area (Å²) in [7, 11) is 0. The number of hydrogen-bond acceptors (Lipinski definition) is 1. The van der Waals surface area contributed by atoms with E-state index < -0.39 is 0 Å². The van der Waals surface area contributed by atoms with Crippen LogP contribution in [-0.4, -0.2) is 15.7 Å². The van der Waals surface area contributed by atoms with E-state index in [2.05, 4.69) is 29.0 Å². The van der Waals surface area contributed by atoms with Crippen molar-refractivity contribution >= 4 is 11.6 Å². The summed E-state index contributed by atoms with van der Waals surface area (Å²) in [5.41, 5.74) is 1.21. The molecule has 1 fully saturated rings. The summed E-state index contributed by atoms with van der Waals surface area (Å²) in [6, 6.07) is 2.82. The van der Waals surface area contributed by atoms with Crippen LogP contribution in [0.1, 0.15) is 50.8 Å². The second kappa shape index (κ2) is 5.72. The van der Waals surface area contributed by atoms with Crippen LogP contribution in [0.5, 0.6) is 0 Å². The molecule has 1 unspecified atom stereocenters. The highest BCUT2D eigenvalue weighted by Crippen LogP contribution is 2.28. The Labute approximate surface area is 103 Å². The fraction of sp³-hybridized carbons (Fsp3) is 0.769. The maximum Gasteiger partial charge on any atom is 0.0627 e. The molecule has 2 rings (SSSR count). The summed E-state index contributed by atoms with van der Waals surface area (Å²) in [6.45, 7) is 2.20. The molecular weight excluding hydrogens is 220 g/mol. The molecule has 16 heavy (non-hydrogen) atoms. The summed E-state index contributed by atoms with van der Waals surface area (Å²) >= 11 is 5.92. The second-order valence-electron chi connectivity index (χ2n) is 4.86. The lowest BCUT2D eigenvalue weighted by Crippen LogP contribution is -2.08. The third-order valence-electron chi connectivity index (χ3n) is 3.66. The van der Waals surface area contributed by atoms with Gasteiger partial charge in [-0.05, 0) is 31.2 Å². The first-order valence-corrected chi connectivity index (χ1v) is 6.97. The first-order chi connectivity index (χ1) is 7.83. The van der Waals surface area contributed by atoms with Gasteiger partial charge in [-0.2, -0.15) is 5.10 Å². The predicted octanol–water partition coefficient (Wildman–Crippen LogP) is 3.81. The number of nitrogens with zero attached hydrogens (tertiary/aromatic N) is 2. The van der Waals surface area contributed by atoms with Gasteiger partial charge in [0, 0.05) is 12.1 Å². The van der Waals surface area contributed by atoms with Crippen LogP contribution in [0.2, 0.25) is 0 Å². The van der Waals surface area contributed by atoms with Crippen LogP contribution in [0, 0.1) is 5.92 Å². The highest BCUT2D eigenvalue weighted by molar-refractivity contribution is 6.18. The topological polar surface area (TPSA) is 17.8 Å². The lowest BCUT2D eigenvalue weighted by Gasteiger charge is -2.10. The smallest absolute Gasteiger partial charge is 0.0627 e. The molecular formula is C13H21ClN2. The SMILES string of the molecule is CCC(CCl)Cc1ccn(C2CCCC2)n1. The summed E-state index contributed by atoms with van der Waals surface area (Å²) in [4.78, 5) is 0. The average Bonchev–Trinajstić information content (AvgIpc) is 2.96. The Morgan fingerprint density at radius 1 is 1.50 bits per heavy atom. The van der Waals surface area contributed by atoms with Crippen molar-refractivity contribution in [3.8, 4) is 0 Å². The zero-order valence-corrected chi connectivity index (χ0v) is 10.8. The van der Waals surface area contributed by atoms with Crippen LogP contribution in [0.4, 0.5) is 0 Å². The Morgan fingerprint density at radius 2 is 2.25 bits per heavy atom. The maximum atomic E-state index is 5.92. The summed E-state index contributed by atoms with van der Waals surface area (Å²) in [6.07, 6.45) is 9.63. The van der Waals surface area contributed by atoms with Gasteiger partial charge in [-0.25, -0.2) is 0 Å². The van der Waals surface area contributed by atoms with Crippen LogP contribution in [0.3, 0.4) is 0 Å². The number of alkyl halides is 1. The third kappa shape index (κ3) is 2.79. The highest BCUT2D eigenvalue weighted by atomic mass is 35.5. The van der Waals surface area contributed by atoms with Crippen molar-refractivity contribution in [3.63, 3.8) is 0 Å². The molecule has 1 atom stereocenters. The normalized spacial score (nSPS) is 19.1. The van der Waals surface area contributed by atoms with E-state index in [-0.39, 0.29) is 0 Å². The maximum absolute atomic E-state index is 5.92. The fourth-order valence-corrected chi connectivity index (χ4v) is 2.79. The zero-order chi connectivity index (χ0) is 11.4. The van der Waals surface area contributed by atoms with Gasteiger partial charge in [-0.3, -0.25) is 4.68 Å². The van der Waals surface area contributed by atoms with Crippen molar-refractivity contribution in [1.82, 2.24) is 9.78 Å². The van der Waals surface area contributed by atoms with Gasteiger partial charge in [-0.1, -0.05) is 26.2 Å². The van der Waals surface area contributed by atoms with Crippen LogP contribution in [-0.2, 0) is 6.42 Å². The Bertz CT molecular complexity index is 311. The molecule has 0 aliphatic heterocycles. The Balaban J connectivity index is 1.96. The van der Waals surface area contributed by atoms with E-state index in [1.165, 1.54) is 31.4 Å². The molecule has 90 valence electrons. The number of aromatic nitrogens is 2. The standard InChI is InChI=1S/C13H21ClN2/c1-2-11(10-14)9-12-7-8-16(15-12)13-5-3-4-6-13/h7-8,11,13H,2-6,9-10H2,1H3. The Hall–Kier alpha value is -0.500. The molecule has 1 aromatic rings. The quantitative estimate of drug-likeness (QED) is 0.716. The predicted molar refractivity (Wildman–Crippen MR) is 67.9 cm³/mol. The van der Waals surface area contributed by atoms with Crippen molar-refractivity contribution in [3.05, 3.63) is 18.0 Å². The van der Waals surface area contributed by atoms with Crippen LogP contribution in [0.15, 0.2) is 12.3 Å². The summed E-state index contributed by atoms with van der Waals surface area (Å²) < 4.78 is 2.17. The van der Waals surface area contributed by atoms with Crippen LogP contribution in [0.25, 0.3) is 0 Å². The van der Waals surface area contributed by atoms with E-state index in [4.69, 9.17) is 11.6 Å². The van der Waals surface area contributed by atoms with Crippen LogP contribution >= 0.6 is 11.6 Å². The van der Waals surface area contributed by atoms with E-state index in [0.717, 1.165) is 18.7 Å². The van der Waals surface area contributed by atoms with Gasteiger partial charge in [0.2, 0.25) is 0 Å². The molecule has 1 aliphatic carbocycles. The van der Waals surface area contributed by atoms with E-state index in [1.54, 1.807) is 0 Å². The van der Waals surface area contributed by atoms with Gasteiger partial charge < -0.3 is 0 Å². The number of rotatable bonds is 5. The molecule has 0 N–H and O–H groups in total. The molecule has 1 saturated carbocycles. The molecule has 1 aromatic heterocycles. The summed E-state index contributed by atoms with van der Waals surface area (Å²) in [5, 5.41) is 4.69. The zero-order valence-electron chi connectivity index (χ0n) is 10.0. The first-order valence-electron chi connectivity index (χ1n) is 6.43. The minimum absolute atomic E-state index is 0.577. The van der Waals surface area contributed by atoms with Gasteiger partial charge in [-0.15, -0.1) is 11.6 Å². The van der Waals surface area contributed by atoms with E-state index in [9.17, 15) is 0 Å². The lowest BCUT2D eigenvalue weighted by molar-refractivity contribution is 0.457. The summed E-state index contributed by atoms with van der Waals surface area (Å²) in [5.74, 6) is 1.32. The second-order valence-corrected chi connectivity index (χ2v) is 5.17. The molecule has 2 nitrogen and oxygen atoms in total. The van der Waals surface area contributed by atoms with E-state index >= 15 is 0 Å². The van der Waals surface area contributed by atoms with Crippen molar-refractivity contribution in [2.45, 2.75) is 51.5 Å². The van der Waals surface area contributed by atoms with Crippen molar-refractivity contribution in [2.24, 2.45) is 5.92 Å². The minimum atomic E-state index is 0.577. The monoisotopic (exact) mass is 240 g/mol. The van der Waals surface area contributed by atoms with E-state index in [1.807, 2.05) is 0 Å². The number of halogens is 1. The van der Waals surface area contributed by atoms with Gasteiger partial charge in [0.15, 0.2) is 0 Å². The highest BCUT2D eigenvalue weighted by Gasteiger charge is 2.18. The lowest BCUT2D eigenvalue weighted by atomic mass is 10.0. The van der Waals surface area contributed by atoms with Gasteiger partial charge in [0.1, 0.15) is 0 Å². The fourth-order valence-electron chi connectivity index (χ4n) is 2.46. The Kier molecular flexibility index (Phi) is 4.28. The third-order valence-corrected chi connectivity index (χ3v) is 4.09. The molecule has 3 heteroatoms. The largest absolute Gasteiger partial charge is 0.269 e. The molecule has 0 saturated heterocycles. The van der Waals surface area contributed by atoms with Crippen molar-refractivity contribution < 1.29 is 0 Å². The van der Waals surface area contributed by atoms with Gasteiger partial charge in [0.25, 0.3) is 0 Å². The van der Waals surface area contributed by atoms with Gasteiger partial charge >= 0.3 is 0 Å². The van der Waals surface area contributed by atoms with E-state index in [0.29, 0.717) is 12.0 Å². The minimum Gasteiger partial charge on any atom is -0.269 e. The molecule has 0 bridgehead atoms. The molecule has 0 aromatic carbocycles. The molecule has 0 amide bonds. The first kappa shape index (κ1) is 12.0. The molecule has 1 heterocycles. The molecule has 0 radical (unpaired) electrons. The number of hydrogen-bond donors (Lipinski definition) is 0. The van der Waals surface area contributed by atoms with Gasteiger partial charge in [0.05, 0.1) is 11.7 Å². The van der Waals surface area contributed by atoms with Crippen molar-refractivity contribution in [2.75, 3.05) is 5.88 Å². The van der Waals surface area contributed by atoms with Crippen molar-refractivity contribution in [1.29, 1.82) is 0 Å². The molecule has 0 spiro atoms.